The molecule has 10 heteroatoms. The fourth-order valence-corrected chi connectivity index (χ4v) is 6.43. The third kappa shape index (κ3) is 7.75. The number of alkyl carbamates (subject to hydrolysis) is 2. The van der Waals surface area contributed by atoms with Crippen LogP contribution in [0.25, 0.3) is 22.3 Å². The molecule has 2 aliphatic rings. The fraction of sp³-hybridized carbons (Fsp3) is 0.282. The number of likely N-dealkylation sites (N-methyl/N-ethyl adjacent to an activating group) is 1. The molecule has 0 unspecified atom stereocenters. The van der Waals surface area contributed by atoms with E-state index in [4.69, 9.17) is 14.6 Å². The molecule has 2 aliphatic carbocycles. The predicted octanol–water partition coefficient (Wildman–Crippen LogP) is 6.44. The van der Waals surface area contributed by atoms with E-state index in [0.717, 1.165) is 33.4 Å². The lowest BCUT2D eigenvalue weighted by Gasteiger charge is -2.18. The Morgan fingerprint density at radius 2 is 0.918 bits per heavy atom. The normalized spacial score (nSPS) is 13.6. The second kappa shape index (κ2) is 16.0. The zero-order valence-corrected chi connectivity index (χ0v) is 27.8. The number of carbonyl (C=O) groups is 4. The summed E-state index contributed by atoms with van der Waals surface area (Å²) in [5, 5.41) is 16.5. The van der Waals surface area contributed by atoms with E-state index in [1.807, 2.05) is 67.6 Å². The van der Waals surface area contributed by atoms with Gasteiger partial charge in [-0.2, -0.15) is 0 Å². The van der Waals surface area contributed by atoms with E-state index in [-0.39, 0.29) is 31.0 Å². The summed E-state index contributed by atoms with van der Waals surface area (Å²) in [4.78, 5) is 46.7. The number of hydrogen-bond acceptors (Lipinski definition) is 6. The quantitative estimate of drug-likeness (QED) is 0.153. The minimum Gasteiger partial charge on any atom is -0.480 e. The van der Waals surface area contributed by atoms with Gasteiger partial charge in [0, 0.05) is 18.9 Å². The van der Waals surface area contributed by atoms with Crippen LogP contribution < -0.4 is 16.0 Å². The first kappa shape index (κ1) is 34.7. The number of aliphatic carboxylic acids is 1. The SMILES string of the molecule is CC[C@@H](NC(=O)OCC1c2ccccc2-c2ccccc21)C(=O)NC.CC[C@@H](NC(=O)OCC1c2ccccc2-c2ccccc21)C(=O)O. The Kier molecular flexibility index (Phi) is 11.3. The maximum absolute atomic E-state index is 12.1. The molecule has 10 nitrogen and oxygen atoms in total. The highest BCUT2D eigenvalue weighted by atomic mass is 16.6. The molecular weight excluding hydrogens is 622 g/mol. The third-order valence-electron chi connectivity index (χ3n) is 8.95. The van der Waals surface area contributed by atoms with Gasteiger partial charge in [-0.3, -0.25) is 4.79 Å². The van der Waals surface area contributed by atoms with Crippen LogP contribution in [0, 0.1) is 0 Å². The Labute approximate surface area is 285 Å². The van der Waals surface area contributed by atoms with Crippen LogP contribution in [0.15, 0.2) is 97.1 Å². The van der Waals surface area contributed by atoms with Gasteiger partial charge in [0.1, 0.15) is 25.3 Å². The van der Waals surface area contributed by atoms with E-state index < -0.39 is 30.2 Å². The number of carbonyl (C=O) groups excluding carboxylic acids is 3. The zero-order chi connectivity index (χ0) is 34.9. The minimum atomic E-state index is -1.06. The van der Waals surface area contributed by atoms with Crippen LogP contribution in [0.4, 0.5) is 9.59 Å². The Balaban J connectivity index is 0.000000191. The van der Waals surface area contributed by atoms with Gasteiger partial charge >= 0.3 is 18.2 Å². The van der Waals surface area contributed by atoms with E-state index >= 15 is 0 Å². The number of amides is 3. The topological polar surface area (TPSA) is 143 Å². The maximum atomic E-state index is 12.1. The molecule has 0 spiro atoms. The number of carboxylic acids is 1. The van der Waals surface area contributed by atoms with E-state index in [0.29, 0.717) is 12.8 Å². The smallest absolute Gasteiger partial charge is 0.407 e. The Bertz CT molecular complexity index is 1730. The van der Waals surface area contributed by atoms with Crippen molar-refractivity contribution >= 4 is 24.1 Å². The number of nitrogens with one attached hydrogen (secondary N) is 3. The van der Waals surface area contributed by atoms with Gasteiger partial charge in [0.2, 0.25) is 5.91 Å². The molecule has 0 bridgehead atoms. The monoisotopic (exact) mass is 663 g/mol. The Hall–Kier alpha value is -5.64. The highest BCUT2D eigenvalue weighted by molar-refractivity contribution is 5.85. The summed E-state index contributed by atoms with van der Waals surface area (Å²) in [6, 6.07) is 30.9. The van der Waals surface area contributed by atoms with Crippen molar-refractivity contribution in [3.05, 3.63) is 119 Å². The predicted molar refractivity (Wildman–Crippen MR) is 186 cm³/mol. The molecule has 4 aromatic carbocycles. The molecule has 0 saturated carbocycles. The molecular formula is C39H41N3O7. The van der Waals surface area contributed by atoms with Crippen molar-refractivity contribution in [3.63, 3.8) is 0 Å². The lowest BCUT2D eigenvalue weighted by molar-refractivity contribution is -0.139. The molecule has 6 rings (SSSR count). The Morgan fingerprint density at radius 3 is 1.22 bits per heavy atom. The second-order valence-electron chi connectivity index (χ2n) is 11.8. The lowest BCUT2D eigenvalue weighted by atomic mass is 9.98. The molecule has 4 aromatic rings. The van der Waals surface area contributed by atoms with Gasteiger partial charge in [-0.1, -0.05) is 111 Å². The standard InChI is InChI=1S/C20H22N2O3.C19H19NO4/c1-3-18(19(23)21-2)22-20(24)25-12-17-15-10-6-4-8-13(15)14-9-5-7-11-16(14)17;1-2-17(18(21)22)20-19(23)24-11-16-14-9-5-3-7-12(14)13-8-4-6-10-15(13)16/h4-11,17-18H,3,12H2,1-2H3,(H,21,23)(H,22,24);3-10,16-17H,2,11H2,1H3,(H,20,23)(H,21,22)/t18-;17-/m11/s1. The van der Waals surface area contributed by atoms with E-state index in [2.05, 4.69) is 52.3 Å². The number of hydrogen-bond donors (Lipinski definition) is 4. The lowest BCUT2D eigenvalue weighted by Crippen LogP contribution is -2.45. The van der Waals surface area contributed by atoms with Gasteiger partial charge in [0.05, 0.1) is 0 Å². The highest BCUT2D eigenvalue weighted by Crippen LogP contribution is 2.45. The van der Waals surface area contributed by atoms with Crippen LogP contribution in [-0.2, 0) is 19.1 Å². The molecule has 0 aromatic heterocycles. The third-order valence-corrected chi connectivity index (χ3v) is 8.95. The van der Waals surface area contributed by atoms with Crippen molar-refractivity contribution in [1.29, 1.82) is 0 Å². The second-order valence-corrected chi connectivity index (χ2v) is 11.8. The van der Waals surface area contributed by atoms with Gasteiger partial charge in [-0.25, -0.2) is 14.4 Å². The van der Waals surface area contributed by atoms with Crippen molar-refractivity contribution in [2.45, 2.75) is 50.6 Å². The average Bonchev–Trinajstić information content (AvgIpc) is 3.63. The van der Waals surface area contributed by atoms with Crippen LogP contribution in [0.2, 0.25) is 0 Å². The molecule has 0 heterocycles. The van der Waals surface area contributed by atoms with Crippen molar-refractivity contribution in [2.24, 2.45) is 0 Å². The van der Waals surface area contributed by atoms with Gasteiger partial charge in [-0.15, -0.1) is 0 Å². The van der Waals surface area contributed by atoms with Crippen molar-refractivity contribution in [2.75, 3.05) is 20.3 Å². The largest absolute Gasteiger partial charge is 0.480 e. The van der Waals surface area contributed by atoms with Crippen molar-refractivity contribution in [3.8, 4) is 22.3 Å². The molecule has 0 fully saturated rings. The summed E-state index contributed by atoms with van der Waals surface area (Å²) in [7, 11) is 1.55. The maximum Gasteiger partial charge on any atom is 0.407 e. The van der Waals surface area contributed by atoms with Crippen LogP contribution in [0.1, 0.15) is 60.8 Å². The van der Waals surface area contributed by atoms with Crippen LogP contribution in [0.5, 0.6) is 0 Å². The van der Waals surface area contributed by atoms with Gasteiger partial charge < -0.3 is 30.5 Å². The fourth-order valence-electron chi connectivity index (χ4n) is 6.43. The molecule has 3 amide bonds. The van der Waals surface area contributed by atoms with Gasteiger partial charge in [0.15, 0.2) is 0 Å². The van der Waals surface area contributed by atoms with Crippen LogP contribution in [-0.4, -0.2) is 61.5 Å². The van der Waals surface area contributed by atoms with E-state index in [1.165, 1.54) is 11.1 Å². The zero-order valence-electron chi connectivity index (χ0n) is 27.8. The number of benzene rings is 4. The van der Waals surface area contributed by atoms with E-state index in [9.17, 15) is 19.2 Å². The molecule has 254 valence electrons. The summed E-state index contributed by atoms with van der Waals surface area (Å²) in [6.45, 7) is 3.95. The molecule has 4 N–H and O–H groups in total. The summed E-state index contributed by atoms with van der Waals surface area (Å²) in [5.41, 5.74) is 9.24. The molecule has 49 heavy (non-hydrogen) atoms. The number of fused-ring (bicyclic) bond motifs is 6. The van der Waals surface area contributed by atoms with Gasteiger partial charge in [-0.05, 0) is 57.3 Å². The summed E-state index contributed by atoms with van der Waals surface area (Å²) in [6.07, 6.45) is -0.466. The first-order valence-corrected chi connectivity index (χ1v) is 16.4. The molecule has 0 saturated heterocycles. The minimum absolute atomic E-state index is 0.0122. The average molecular weight is 664 g/mol. The number of ether oxygens (including phenoxy) is 2. The van der Waals surface area contributed by atoms with Crippen molar-refractivity contribution in [1.82, 2.24) is 16.0 Å². The number of carboxylic acid groups (broad SMARTS) is 1. The molecule has 0 radical (unpaired) electrons. The van der Waals surface area contributed by atoms with E-state index in [1.54, 1.807) is 14.0 Å². The first-order chi connectivity index (χ1) is 23.8. The summed E-state index contributed by atoms with van der Waals surface area (Å²) < 4.78 is 10.7. The molecule has 2 atom stereocenters. The first-order valence-electron chi connectivity index (χ1n) is 16.4. The van der Waals surface area contributed by atoms with Gasteiger partial charge in [0.25, 0.3) is 0 Å². The molecule has 0 aliphatic heterocycles. The Morgan fingerprint density at radius 1 is 0.592 bits per heavy atom. The summed E-state index contributed by atoms with van der Waals surface area (Å²) >= 11 is 0. The van der Waals surface area contributed by atoms with Crippen molar-refractivity contribution < 1.29 is 33.8 Å². The highest BCUT2D eigenvalue weighted by Gasteiger charge is 2.31. The number of rotatable bonds is 10. The van der Waals surface area contributed by atoms with Crippen LogP contribution in [0.3, 0.4) is 0 Å². The summed E-state index contributed by atoms with van der Waals surface area (Å²) in [5.74, 6) is -1.31. The van der Waals surface area contributed by atoms with Crippen LogP contribution >= 0.6 is 0 Å².